The molecule has 0 bridgehead atoms. The van der Waals surface area contributed by atoms with Gasteiger partial charge in [0.15, 0.2) is 17.2 Å². The Morgan fingerprint density at radius 3 is 2.49 bits per heavy atom. The van der Waals surface area contributed by atoms with Crippen LogP contribution in [0.1, 0.15) is 131 Å². The van der Waals surface area contributed by atoms with Gasteiger partial charge in [0.1, 0.15) is 24.1 Å². The van der Waals surface area contributed by atoms with Gasteiger partial charge in [-0.3, -0.25) is 19.8 Å². The molecule has 5 aromatic rings. The van der Waals surface area contributed by atoms with Gasteiger partial charge in [0, 0.05) is 60.6 Å². The number of pyridine rings is 1. The van der Waals surface area contributed by atoms with E-state index < -0.39 is 37.0 Å². The second-order valence-electron chi connectivity index (χ2n) is 21.4. The van der Waals surface area contributed by atoms with E-state index in [-0.39, 0.29) is 64.5 Å². The Morgan fingerprint density at radius 1 is 0.971 bits per heavy atom. The van der Waals surface area contributed by atoms with Crippen LogP contribution in [0, 0.1) is 21.4 Å². The number of nitro benzene ring substituents is 1. The summed E-state index contributed by atoms with van der Waals surface area (Å²) in [6.45, 7) is 9.31. The number of hydrogen-bond acceptors (Lipinski definition) is 13. The van der Waals surface area contributed by atoms with E-state index in [1.807, 2.05) is 19.1 Å². The zero-order valence-corrected chi connectivity index (χ0v) is 40.9. The number of sulfonamides is 1. The zero-order valence-electron chi connectivity index (χ0n) is 40.1. The van der Waals surface area contributed by atoms with Crippen LogP contribution in [-0.4, -0.2) is 89.3 Å². The molecule has 5 heterocycles. The van der Waals surface area contributed by atoms with Crippen molar-refractivity contribution in [1.29, 1.82) is 0 Å². The summed E-state index contributed by atoms with van der Waals surface area (Å²) in [7, 11) is -4.70. The van der Waals surface area contributed by atoms with Gasteiger partial charge >= 0.3 is 0 Å². The van der Waals surface area contributed by atoms with Gasteiger partial charge in [-0.25, -0.2) is 13.1 Å². The van der Waals surface area contributed by atoms with Crippen molar-refractivity contribution < 1.29 is 37.5 Å². The highest BCUT2D eigenvalue weighted by Crippen LogP contribution is 2.55. The number of fused-ring (bicyclic) bond motifs is 2. The largest absolute Gasteiger partial charge is 0.489 e. The summed E-state index contributed by atoms with van der Waals surface area (Å²) in [5.41, 5.74) is 3.44. The smallest absolute Gasteiger partial charge is 0.297 e. The van der Waals surface area contributed by atoms with E-state index >= 15 is 0 Å². The van der Waals surface area contributed by atoms with Crippen LogP contribution in [0.4, 0.5) is 17.1 Å². The maximum atomic E-state index is 14.3. The molecular weight excluding hydrogens is 911 g/mol. The lowest BCUT2D eigenvalue weighted by Gasteiger charge is -2.56. The van der Waals surface area contributed by atoms with Gasteiger partial charge in [0.2, 0.25) is 0 Å². The third kappa shape index (κ3) is 9.16. The van der Waals surface area contributed by atoms with Crippen molar-refractivity contribution in [3.63, 3.8) is 0 Å². The number of ether oxygens (including phenoxy) is 3. The Kier molecular flexibility index (Phi) is 12.0. The van der Waals surface area contributed by atoms with Gasteiger partial charge in [-0.1, -0.05) is 38.1 Å². The summed E-state index contributed by atoms with van der Waals surface area (Å²) in [6, 6.07) is 20.7. The van der Waals surface area contributed by atoms with Gasteiger partial charge in [-0.15, -0.1) is 0 Å². The number of anilines is 2. The molecule has 0 radical (unpaired) electrons. The number of amides is 1. The molecule has 3 aromatic carbocycles. The van der Waals surface area contributed by atoms with Gasteiger partial charge in [0.05, 0.1) is 27.0 Å². The van der Waals surface area contributed by atoms with Crippen LogP contribution in [0.15, 0.2) is 77.8 Å². The molecule has 11 rings (SSSR count). The van der Waals surface area contributed by atoms with Crippen LogP contribution < -0.4 is 29.1 Å². The number of carbonyl (C=O) groups is 1. The Morgan fingerprint density at radius 2 is 1.74 bits per heavy atom. The van der Waals surface area contributed by atoms with Crippen LogP contribution in [0.2, 0.25) is 0 Å². The number of piperidine rings is 1. The highest BCUT2D eigenvalue weighted by atomic mass is 32.2. The first-order valence-electron chi connectivity index (χ1n) is 25.2. The molecule has 2 atom stereocenters. The number of likely N-dealkylation sites (tertiary alicyclic amines) is 1. The Hall–Kier alpha value is -5.91. The van der Waals surface area contributed by atoms with Crippen LogP contribution in [0.5, 0.6) is 23.1 Å². The maximum absolute atomic E-state index is 14.3. The average molecular weight is 974 g/mol. The zero-order chi connectivity index (χ0) is 48.5. The third-order valence-electron chi connectivity index (χ3n) is 16.2. The first-order valence-corrected chi connectivity index (χ1v) is 26.7. The summed E-state index contributed by atoms with van der Waals surface area (Å²) in [6.07, 6.45) is 13.0. The standard InChI is InChI=1S/C53H63N7O9S/c1-32(2)39-7-4-5-8-40(39)43-9-6-22-59(43)36-29-53(30-36)19-23-58(24-20-53)35-10-13-41(45(26-35)69-47-25-34-16-21-54-49(34)56-51(47)68-37-11-12-37)50(61)57-70(65,66)38-27-44(60(63)64)48-46(28-38)67-31-42(55-48)33-14-17-52(3,62)18-15-33/h4-5,7-8,10,13,16,21,25-28,32-33,36-37,42-43,55,62H,6,9,11-12,14-15,17-20,22-24,29-31H2,1-3H3,(H,54,56)(H,57,61)/t33-,42-,43+,52-/m1/s1. The molecule has 3 saturated carbocycles. The average Bonchev–Trinajstić information content (AvgIpc) is 3.81. The third-order valence-corrected chi connectivity index (χ3v) is 17.5. The molecule has 0 unspecified atom stereocenters. The second kappa shape index (κ2) is 18.0. The number of hydrogen-bond donors (Lipinski definition) is 4. The van der Waals surface area contributed by atoms with Crippen molar-refractivity contribution in [2.75, 3.05) is 36.5 Å². The fraction of sp³-hybridized carbons (Fsp3) is 0.509. The molecule has 1 spiro atoms. The minimum absolute atomic E-state index is 0.00122. The molecule has 2 aromatic heterocycles. The SMILES string of the molecule is CC(C)c1ccccc1[C@@H]1CCCN1C1CC2(CCN(c3ccc(C(=O)NS(=O)(=O)c4cc5c(c([N+](=O)[O-])c4)N[C@@H]([C@H]4CC[C@](C)(O)CC4)CO5)c(Oc4cc5cc[nH]c5nc4OC4CC4)c3)CC2)C1. The van der Waals surface area contributed by atoms with Crippen LogP contribution >= 0.6 is 0 Å². The summed E-state index contributed by atoms with van der Waals surface area (Å²) >= 11 is 0. The molecule has 5 fully saturated rings. The molecule has 3 aliphatic carbocycles. The molecule has 16 nitrogen and oxygen atoms in total. The molecule has 17 heteroatoms. The summed E-state index contributed by atoms with van der Waals surface area (Å²) in [5, 5.41) is 27.0. The number of aromatic nitrogens is 2. The molecule has 1 amide bonds. The van der Waals surface area contributed by atoms with Gasteiger partial charge in [-0.05, 0) is 143 Å². The van der Waals surface area contributed by atoms with Crippen LogP contribution in [0.25, 0.3) is 11.0 Å². The highest BCUT2D eigenvalue weighted by Gasteiger charge is 2.50. The summed E-state index contributed by atoms with van der Waals surface area (Å²) in [5.74, 6) is 0.230. The minimum Gasteiger partial charge on any atom is -0.489 e. The summed E-state index contributed by atoms with van der Waals surface area (Å²) < 4.78 is 49.3. The van der Waals surface area contributed by atoms with E-state index in [1.165, 1.54) is 42.9 Å². The fourth-order valence-corrected chi connectivity index (χ4v) is 13.0. The lowest BCUT2D eigenvalue weighted by atomic mass is 9.59. The molecule has 2 saturated heterocycles. The predicted molar refractivity (Wildman–Crippen MR) is 266 cm³/mol. The number of aromatic amines is 1. The van der Waals surface area contributed by atoms with Crippen molar-refractivity contribution in [2.45, 2.75) is 138 Å². The lowest BCUT2D eigenvalue weighted by Crippen LogP contribution is -2.54. The van der Waals surface area contributed by atoms with Crippen molar-refractivity contribution in [2.24, 2.45) is 11.3 Å². The number of nitrogens with zero attached hydrogens (tertiary/aromatic N) is 4. The Balaban J connectivity index is 0.833. The number of nitro groups is 1. The number of benzene rings is 3. The van der Waals surface area contributed by atoms with Crippen molar-refractivity contribution in [1.82, 2.24) is 19.6 Å². The Labute approximate surface area is 408 Å². The van der Waals surface area contributed by atoms with Crippen molar-refractivity contribution in [3.8, 4) is 23.1 Å². The van der Waals surface area contributed by atoms with E-state index in [2.05, 4.69) is 62.9 Å². The highest BCUT2D eigenvalue weighted by molar-refractivity contribution is 7.90. The second-order valence-corrected chi connectivity index (χ2v) is 23.1. The quantitative estimate of drug-likeness (QED) is 0.0642. The first kappa shape index (κ1) is 46.5. The molecule has 4 N–H and O–H groups in total. The molecule has 70 heavy (non-hydrogen) atoms. The first-order chi connectivity index (χ1) is 33.6. The van der Waals surface area contributed by atoms with Crippen molar-refractivity contribution >= 4 is 44.0 Å². The minimum atomic E-state index is -4.70. The normalized spacial score (nSPS) is 24.7. The topological polar surface area (TPSA) is 201 Å². The fourth-order valence-electron chi connectivity index (χ4n) is 12.0. The lowest BCUT2D eigenvalue weighted by molar-refractivity contribution is -0.384. The number of carbonyl (C=O) groups excluding carboxylic acids is 1. The molecule has 370 valence electrons. The Bertz CT molecular complexity index is 2930. The predicted octanol–water partition coefficient (Wildman–Crippen LogP) is 9.75. The molecule has 3 aliphatic heterocycles. The number of H-pyrrole nitrogens is 1. The number of aliphatic hydroxyl groups is 1. The number of nitrogens with one attached hydrogen (secondary N) is 3. The van der Waals surface area contributed by atoms with E-state index in [4.69, 9.17) is 19.2 Å². The maximum Gasteiger partial charge on any atom is 0.297 e. The van der Waals surface area contributed by atoms with Crippen LogP contribution in [-0.2, 0) is 10.0 Å². The van der Waals surface area contributed by atoms with Crippen LogP contribution in [0.3, 0.4) is 0 Å². The van der Waals surface area contributed by atoms with Gasteiger partial charge in [0.25, 0.3) is 27.5 Å². The molecular formula is C53H63N7O9S. The van der Waals surface area contributed by atoms with Crippen molar-refractivity contribution in [3.05, 3.63) is 99.7 Å². The monoisotopic (exact) mass is 973 g/mol. The van der Waals surface area contributed by atoms with E-state index in [0.29, 0.717) is 49.3 Å². The van der Waals surface area contributed by atoms with E-state index in [1.54, 1.807) is 24.4 Å². The van der Waals surface area contributed by atoms with Gasteiger partial charge in [-0.2, -0.15) is 4.98 Å². The molecule has 6 aliphatic rings. The van der Waals surface area contributed by atoms with E-state index in [0.717, 1.165) is 62.5 Å². The van der Waals surface area contributed by atoms with E-state index in [9.17, 15) is 28.4 Å². The summed E-state index contributed by atoms with van der Waals surface area (Å²) in [4.78, 5) is 38.6. The van der Waals surface area contributed by atoms with Gasteiger partial charge < -0.3 is 34.5 Å². The number of rotatable bonds is 13.